The van der Waals surface area contributed by atoms with Gasteiger partial charge in [0.1, 0.15) is 6.33 Å². The zero-order valence-corrected chi connectivity index (χ0v) is 9.29. The largest absolute Gasteiger partial charge is 0.347 e. The molecule has 0 aliphatic rings. The maximum absolute atomic E-state index is 11.5. The minimum Gasteiger partial charge on any atom is -0.347 e. The van der Waals surface area contributed by atoms with E-state index in [2.05, 4.69) is 27.4 Å². The predicted octanol–water partition coefficient (Wildman–Crippen LogP) is 1.50. The van der Waals surface area contributed by atoms with Crippen molar-refractivity contribution in [1.82, 2.24) is 20.5 Å². The number of rotatable bonds is 6. The van der Waals surface area contributed by atoms with E-state index in [-0.39, 0.29) is 17.8 Å². The van der Waals surface area contributed by atoms with E-state index in [1.54, 1.807) is 0 Å². The number of unbranched alkanes of at least 4 members (excludes halogenated alkanes) is 2. The maximum Gasteiger partial charge on any atom is 0.288 e. The summed E-state index contributed by atoms with van der Waals surface area (Å²) in [5.41, 5.74) is 0. The van der Waals surface area contributed by atoms with Gasteiger partial charge < -0.3 is 5.32 Å². The maximum atomic E-state index is 11.5. The number of nitrogens with one attached hydrogen (secondary N) is 2. The topological polar surface area (TPSA) is 70.7 Å². The van der Waals surface area contributed by atoms with Crippen molar-refractivity contribution in [2.24, 2.45) is 0 Å². The van der Waals surface area contributed by atoms with Crippen LogP contribution in [0.5, 0.6) is 0 Å². The molecule has 0 saturated carbocycles. The Labute approximate surface area is 89.7 Å². The van der Waals surface area contributed by atoms with Gasteiger partial charge in [-0.25, -0.2) is 4.98 Å². The summed E-state index contributed by atoms with van der Waals surface area (Å²) in [5, 5.41) is 9.03. The van der Waals surface area contributed by atoms with Crippen LogP contribution in [0.4, 0.5) is 0 Å². The third-order valence-electron chi connectivity index (χ3n) is 2.25. The van der Waals surface area contributed by atoms with Gasteiger partial charge in [-0.3, -0.25) is 9.89 Å². The molecule has 0 saturated heterocycles. The van der Waals surface area contributed by atoms with Crippen LogP contribution in [0.3, 0.4) is 0 Å². The van der Waals surface area contributed by atoms with Crippen LogP contribution in [0.2, 0.25) is 0 Å². The van der Waals surface area contributed by atoms with Crippen LogP contribution in [0.25, 0.3) is 0 Å². The summed E-state index contributed by atoms with van der Waals surface area (Å²) in [6.45, 7) is 4.17. The lowest BCUT2D eigenvalue weighted by Gasteiger charge is -2.11. The Bertz CT molecular complexity index is 284. The van der Waals surface area contributed by atoms with E-state index in [1.807, 2.05) is 6.92 Å². The first-order valence-electron chi connectivity index (χ1n) is 5.40. The second-order valence-electron chi connectivity index (χ2n) is 3.70. The Kier molecular flexibility index (Phi) is 4.80. The van der Waals surface area contributed by atoms with E-state index < -0.39 is 0 Å². The fourth-order valence-electron chi connectivity index (χ4n) is 1.38. The van der Waals surface area contributed by atoms with Crippen LogP contribution in [0, 0.1) is 0 Å². The zero-order valence-electron chi connectivity index (χ0n) is 9.29. The van der Waals surface area contributed by atoms with Crippen molar-refractivity contribution in [3.8, 4) is 0 Å². The average molecular weight is 210 g/mol. The molecule has 1 aromatic rings. The predicted molar refractivity (Wildman–Crippen MR) is 57.5 cm³/mol. The Morgan fingerprint density at radius 3 is 3.00 bits per heavy atom. The van der Waals surface area contributed by atoms with E-state index in [9.17, 15) is 4.79 Å². The van der Waals surface area contributed by atoms with Crippen molar-refractivity contribution < 1.29 is 4.79 Å². The number of hydrogen-bond acceptors (Lipinski definition) is 3. The molecule has 1 rings (SSSR count). The number of aromatic nitrogens is 3. The molecule has 0 aliphatic carbocycles. The van der Waals surface area contributed by atoms with Gasteiger partial charge in [0.25, 0.3) is 5.91 Å². The Hall–Kier alpha value is -1.39. The molecule has 0 aliphatic heterocycles. The summed E-state index contributed by atoms with van der Waals surface area (Å²) in [7, 11) is 0. The van der Waals surface area contributed by atoms with Gasteiger partial charge in [0.05, 0.1) is 0 Å². The highest BCUT2D eigenvalue weighted by Crippen LogP contribution is 2.03. The number of carbonyl (C=O) groups excluding carboxylic acids is 1. The molecule has 1 aromatic heterocycles. The molecule has 15 heavy (non-hydrogen) atoms. The van der Waals surface area contributed by atoms with Crippen LogP contribution >= 0.6 is 0 Å². The van der Waals surface area contributed by atoms with Crippen molar-refractivity contribution in [3.63, 3.8) is 0 Å². The van der Waals surface area contributed by atoms with Crippen LogP contribution in [0.1, 0.15) is 50.1 Å². The lowest BCUT2D eigenvalue weighted by molar-refractivity contribution is 0.0928. The monoisotopic (exact) mass is 210 g/mol. The molecular formula is C10H18N4O. The molecule has 0 fully saturated rings. The van der Waals surface area contributed by atoms with Gasteiger partial charge in [0.2, 0.25) is 5.82 Å². The van der Waals surface area contributed by atoms with E-state index in [0.29, 0.717) is 0 Å². The SMILES string of the molecule is CCCCCC(C)NC(=O)c1ncn[nH]1. The third-order valence-corrected chi connectivity index (χ3v) is 2.25. The fourth-order valence-corrected chi connectivity index (χ4v) is 1.38. The van der Waals surface area contributed by atoms with Gasteiger partial charge in [-0.15, -0.1) is 0 Å². The van der Waals surface area contributed by atoms with E-state index in [0.717, 1.165) is 12.8 Å². The number of H-pyrrole nitrogens is 1. The summed E-state index contributed by atoms with van der Waals surface area (Å²) in [6.07, 6.45) is 5.89. The van der Waals surface area contributed by atoms with Gasteiger partial charge in [-0.1, -0.05) is 26.2 Å². The number of aromatic amines is 1. The standard InChI is InChI=1S/C10H18N4O/c1-3-4-5-6-8(2)13-10(15)9-11-7-12-14-9/h7-8H,3-6H2,1-2H3,(H,13,15)(H,11,12,14). The van der Waals surface area contributed by atoms with Crippen LogP contribution < -0.4 is 5.32 Å². The smallest absolute Gasteiger partial charge is 0.288 e. The number of carbonyl (C=O) groups is 1. The lowest BCUT2D eigenvalue weighted by atomic mass is 10.1. The number of hydrogen-bond donors (Lipinski definition) is 2. The van der Waals surface area contributed by atoms with Crippen LogP contribution in [-0.2, 0) is 0 Å². The van der Waals surface area contributed by atoms with Gasteiger partial charge in [-0.2, -0.15) is 5.10 Å². The lowest BCUT2D eigenvalue weighted by Crippen LogP contribution is -2.33. The molecule has 5 nitrogen and oxygen atoms in total. The summed E-state index contributed by atoms with van der Waals surface area (Å²) < 4.78 is 0. The van der Waals surface area contributed by atoms with E-state index >= 15 is 0 Å². The van der Waals surface area contributed by atoms with Gasteiger partial charge in [0, 0.05) is 6.04 Å². The molecule has 1 atom stereocenters. The van der Waals surface area contributed by atoms with E-state index in [1.165, 1.54) is 19.2 Å². The molecule has 1 unspecified atom stereocenters. The van der Waals surface area contributed by atoms with Gasteiger partial charge in [-0.05, 0) is 13.3 Å². The normalized spacial score (nSPS) is 12.4. The molecule has 0 aromatic carbocycles. The van der Waals surface area contributed by atoms with Crippen molar-refractivity contribution in [3.05, 3.63) is 12.2 Å². The number of amides is 1. The highest BCUT2D eigenvalue weighted by Gasteiger charge is 2.11. The number of nitrogens with zero attached hydrogens (tertiary/aromatic N) is 2. The van der Waals surface area contributed by atoms with Crippen molar-refractivity contribution in [2.45, 2.75) is 45.6 Å². The zero-order chi connectivity index (χ0) is 11.1. The molecule has 0 bridgehead atoms. The Balaban J connectivity index is 2.26. The molecule has 1 amide bonds. The third kappa shape index (κ3) is 4.10. The summed E-state index contributed by atoms with van der Waals surface area (Å²) >= 11 is 0. The molecule has 2 N–H and O–H groups in total. The first-order chi connectivity index (χ1) is 7.24. The minimum absolute atomic E-state index is 0.184. The minimum atomic E-state index is -0.184. The molecule has 0 radical (unpaired) electrons. The Morgan fingerprint density at radius 2 is 2.40 bits per heavy atom. The molecule has 1 heterocycles. The molecule has 84 valence electrons. The first-order valence-corrected chi connectivity index (χ1v) is 5.40. The van der Waals surface area contributed by atoms with Gasteiger partial charge >= 0.3 is 0 Å². The van der Waals surface area contributed by atoms with Crippen LogP contribution in [-0.4, -0.2) is 27.1 Å². The highest BCUT2D eigenvalue weighted by atomic mass is 16.2. The molecular weight excluding hydrogens is 192 g/mol. The highest BCUT2D eigenvalue weighted by molar-refractivity contribution is 5.90. The Morgan fingerprint density at radius 1 is 1.60 bits per heavy atom. The van der Waals surface area contributed by atoms with E-state index in [4.69, 9.17) is 0 Å². The molecule has 5 heteroatoms. The summed E-state index contributed by atoms with van der Waals surface area (Å²) in [4.78, 5) is 15.3. The van der Waals surface area contributed by atoms with Crippen molar-refractivity contribution in [1.29, 1.82) is 0 Å². The quantitative estimate of drug-likeness (QED) is 0.699. The average Bonchev–Trinajstić information content (AvgIpc) is 2.70. The van der Waals surface area contributed by atoms with Crippen molar-refractivity contribution in [2.75, 3.05) is 0 Å². The second-order valence-corrected chi connectivity index (χ2v) is 3.70. The fraction of sp³-hybridized carbons (Fsp3) is 0.700. The summed E-state index contributed by atoms with van der Waals surface area (Å²) in [5.74, 6) is 0.0915. The van der Waals surface area contributed by atoms with Crippen LogP contribution in [0.15, 0.2) is 6.33 Å². The van der Waals surface area contributed by atoms with Gasteiger partial charge in [0.15, 0.2) is 0 Å². The van der Waals surface area contributed by atoms with Crippen molar-refractivity contribution >= 4 is 5.91 Å². The first kappa shape index (κ1) is 11.7. The molecule has 0 spiro atoms. The second kappa shape index (κ2) is 6.16. The summed E-state index contributed by atoms with van der Waals surface area (Å²) in [6, 6.07) is 0.189.